The molecule has 0 unspecified atom stereocenters. The highest BCUT2D eigenvalue weighted by Crippen LogP contribution is 2.20. The summed E-state index contributed by atoms with van der Waals surface area (Å²) in [4.78, 5) is 27.6. The van der Waals surface area contributed by atoms with E-state index in [0.29, 0.717) is 29.2 Å². The van der Waals surface area contributed by atoms with Crippen molar-refractivity contribution in [2.75, 3.05) is 17.7 Å². The predicted octanol–water partition coefficient (Wildman–Crippen LogP) is 3.00. The van der Waals surface area contributed by atoms with Crippen molar-refractivity contribution in [2.24, 2.45) is 0 Å². The maximum Gasteiger partial charge on any atom is 0.257 e. The Labute approximate surface area is 134 Å². The molecule has 120 valence electrons. The second-order valence-electron chi connectivity index (χ2n) is 4.97. The standard InChI is InChI=1S/C17H19N3O3/c1-4-15(21)19-13-6-7-14(11(2)9-13)20-17(22)12-5-8-16(23-3)18-10-12/h5-10H,4H2,1-3H3,(H,19,21)(H,20,22). The zero-order valence-electron chi connectivity index (χ0n) is 13.3. The minimum atomic E-state index is -0.256. The molecule has 2 aromatic rings. The van der Waals surface area contributed by atoms with Gasteiger partial charge in [0.1, 0.15) is 0 Å². The van der Waals surface area contributed by atoms with Crippen LogP contribution < -0.4 is 15.4 Å². The van der Waals surface area contributed by atoms with Crippen LogP contribution in [0.25, 0.3) is 0 Å². The van der Waals surface area contributed by atoms with E-state index in [4.69, 9.17) is 4.74 Å². The van der Waals surface area contributed by atoms with Crippen LogP contribution in [0, 0.1) is 6.92 Å². The number of carbonyl (C=O) groups excluding carboxylic acids is 2. The number of aryl methyl sites for hydroxylation is 1. The number of aromatic nitrogens is 1. The quantitative estimate of drug-likeness (QED) is 0.889. The number of methoxy groups -OCH3 is 1. The fraction of sp³-hybridized carbons (Fsp3) is 0.235. The fourth-order valence-electron chi connectivity index (χ4n) is 1.96. The van der Waals surface area contributed by atoms with Crippen LogP contribution in [0.15, 0.2) is 36.5 Å². The maximum absolute atomic E-state index is 12.2. The Bertz CT molecular complexity index is 712. The van der Waals surface area contributed by atoms with Gasteiger partial charge >= 0.3 is 0 Å². The molecule has 23 heavy (non-hydrogen) atoms. The van der Waals surface area contributed by atoms with Gasteiger partial charge in [0.2, 0.25) is 11.8 Å². The van der Waals surface area contributed by atoms with Crippen molar-refractivity contribution in [3.63, 3.8) is 0 Å². The normalized spacial score (nSPS) is 10.0. The van der Waals surface area contributed by atoms with Gasteiger partial charge in [-0.2, -0.15) is 0 Å². The van der Waals surface area contributed by atoms with Crippen LogP contribution in [0.4, 0.5) is 11.4 Å². The van der Waals surface area contributed by atoms with Gasteiger partial charge in [0.05, 0.1) is 12.7 Å². The van der Waals surface area contributed by atoms with Crippen LogP contribution in [0.3, 0.4) is 0 Å². The topological polar surface area (TPSA) is 80.3 Å². The van der Waals surface area contributed by atoms with E-state index < -0.39 is 0 Å². The minimum absolute atomic E-state index is 0.0505. The second kappa shape index (κ2) is 7.40. The van der Waals surface area contributed by atoms with Gasteiger partial charge in [0, 0.05) is 30.1 Å². The molecule has 6 nitrogen and oxygen atoms in total. The number of ether oxygens (including phenoxy) is 1. The summed E-state index contributed by atoms with van der Waals surface area (Å²) < 4.78 is 4.96. The lowest BCUT2D eigenvalue weighted by atomic mass is 10.1. The molecule has 1 aromatic heterocycles. The average Bonchev–Trinajstić information content (AvgIpc) is 2.57. The Hall–Kier alpha value is -2.89. The van der Waals surface area contributed by atoms with E-state index in [1.165, 1.54) is 13.3 Å². The third-order valence-corrected chi connectivity index (χ3v) is 3.29. The summed E-state index contributed by atoms with van der Waals surface area (Å²) in [7, 11) is 1.52. The molecule has 0 radical (unpaired) electrons. The number of anilines is 2. The van der Waals surface area contributed by atoms with Crippen molar-refractivity contribution >= 4 is 23.2 Å². The molecule has 0 saturated carbocycles. The van der Waals surface area contributed by atoms with Gasteiger partial charge in [-0.1, -0.05) is 6.92 Å². The van der Waals surface area contributed by atoms with E-state index >= 15 is 0 Å². The molecule has 0 aliphatic carbocycles. The number of carbonyl (C=O) groups is 2. The van der Waals surface area contributed by atoms with Gasteiger partial charge in [-0.3, -0.25) is 9.59 Å². The van der Waals surface area contributed by atoms with E-state index in [1.54, 1.807) is 31.2 Å². The summed E-state index contributed by atoms with van der Waals surface area (Å²) in [5.41, 5.74) is 2.68. The molecule has 1 aromatic carbocycles. The van der Waals surface area contributed by atoms with Gasteiger partial charge in [-0.15, -0.1) is 0 Å². The van der Waals surface area contributed by atoms with Crippen molar-refractivity contribution in [3.05, 3.63) is 47.7 Å². The van der Waals surface area contributed by atoms with Crippen molar-refractivity contribution in [3.8, 4) is 5.88 Å². The number of nitrogens with zero attached hydrogens (tertiary/aromatic N) is 1. The smallest absolute Gasteiger partial charge is 0.257 e. The van der Waals surface area contributed by atoms with Gasteiger partial charge in [-0.05, 0) is 36.8 Å². The molecular weight excluding hydrogens is 294 g/mol. The van der Waals surface area contributed by atoms with Crippen LogP contribution in [-0.2, 0) is 4.79 Å². The van der Waals surface area contributed by atoms with Crippen LogP contribution in [0.5, 0.6) is 5.88 Å². The second-order valence-corrected chi connectivity index (χ2v) is 4.97. The summed E-state index contributed by atoms with van der Waals surface area (Å²) in [6, 6.07) is 8.60. The molecule has 0 aliphatic rings. The Morgan fingerprint density at radius 2 is 1.96 bits per heavy atom. The first-order valence-corrected chi connectivity index (χ1v) is 7.25. The summed E-state index contributed by atoms with van der Waals surface area (Å²) in [5.74, 6) is 0.146. The number of nitrogens with one attached hydrogen (secondary N) is 2. The van der Waals surface area contributed by atoms with Gasteiger partial charge in [-0.25, -0.2) is 4.98 Å². The first kappa shape index (κ1) is 16.5. The molecule has 0 aliphatic heterocycles. The third-order valence-electron chi connectivity index (χ3n) is 3.29. The SMILES string of the molecule is CCC(=O)Nc1ccc(NC(=O)c2ccc(OC)nc2)c(C)c1. The monoisotopic (exact) mass is 313 g/mol. The summed E-state index contributed by atoms with van der Waals surface area (Å²) >= 11 is 0. The minimum Gasteiger partial charge on any atom is -0.481 e. The number of amides is 2. The number of benzene rings is 1. The Balaban J connectivity index is 2.09. The van der Waals surface area contributed by atoms with Crippen molar-refractivity contribution in [1.82, 2.24) is 4.98 Å². The zero-order valence-corrected chi connectivity index (χ0v) is 13.3. The summed E-state index contributed by atoms with van der Waals surface area (Å²) in [6.07, 6.45) is 1.88. The van der Waals surface area contributed by atoms with E-state index in [1.807, 2.05) is 13.0 Å². The molecule has 0 bridgehead atoms. The van der Waals surface area contributed by atoms with Crippen LogP contribution in [0.2, 0.25) is 0 Å². The molecule has 0 atom stereocenters. The molecule has 0 saturated heterocycles. The molecule has 6 heteroatoms. The highest BCUT2D eigenvalue weighted by Gasteiger charge is 2.09. The lowest BCUT2D eigenvalue weighted by Gasteiger charge is -2.11. The van der Waals surface area contributed by atoms with E-state index in [2.05, 4.69) is 15.6 Å². The Morgan fingerprint density at radius 1 is 1.17 bits per heavy atom. The summed E-state index contributed by atoms with van der Waals surface area (Å²) in [6.45, 7) is 3.66. The fourth-order valence-corrected chi connectivity index (χ4v) is 1.96. The average molecular weight is 313 g/mol. The lowest BCUT2D eigenvalue weighted by molar-refractivity contribution is -0.115. The molecule has 2 N–H and O–H groups in total. The highest BCUT2D eigenvalue weighted by molar-refractivity contribution is 6.04. The largest absolute Gasteiger partial charge is 0.481 e. The highest BCUT2D eigenvalue weighted by atomic mass is 16.5. The van der Waals surface area contributed by atoms with Crippen molar-refractivity contribution in [2.45, 2.75) is 20.3 Å². The lowest BCUT2D eigenvalue weighted by Crippen LogP contribution is -2.14. The number of hydrogen-bond acceptors (Lipinski definition) is 4. The van der Waals surface area contributed by atoms with Crippen LogP contribution in [-0.4, -0.2) is 23.9 Å². The first-order valence-electron chi connectivity index (χ1n) is 7.25. The first-order chi connectivity index (χ1) is 11.0. The number of pyridine rings is 1. The number of rotatable bonds is 5. The molecule has 2 rings (SSSR count). The van der Waals surface area contributed by atoms with E-state index in [-0.39, 0.29) is 11.8 Å². The summed E-state index contributed by atoms with van der Waals surface area (Å²) in [5, 5.41) is 5.61. The van der Waals surface area contributed by atoms with Crippen LogP contribution in [0.1, 0.15) is 29.3 Å². The Morgan fingerprint density at radius 3 is 2.52 bits per heavy atom. The zero-order chi connectivity index (χ0) is 16.8. The number of hydrogen-bond donors (Lipinski definition) is 2. The van der Waals surface area contributed by atoms with Crippen molar-refractivity contribution in [1.29, 1.82) is 0 Å². The van der Waals surface area contributed by atoms with Gasteiger partial charge in [0.25, 0.3) is 5.91 Å². The van der Waals surface area contributed by atoms with E-state index in [0.717, 1.165) is 5.56 Å². The van der Waals surface area contributed by atoms with Crippen LogP contribution >= 0.6 is 0 Å². The Kier molecular flexibility index (Phi) is 5.30. The molecule has 0 spiro atoms. The molecule has 2 amide bonds. The van der Waals surface area contributed by atoms with Crippen molar-refractivity contribution < 1.29 is 14.3 Å². The molecular formula is C17H19N3O3. The maximum atomic E-state index is 12.2. The van der Waals surface area contributed by atoms with Gasteiger partial charge in [0.15, 0.2) is 0 Å². The van der Waals surface area contributed by atoms with E-state index in [9.17, 15) is 9.59 Å². The molecule has 0 fully saturated rings. The molecule has 1 heterocycles. The predicted molar refractivity (Wildman–Crippen MR) is 88.8 cm³/mol. The third kappa shape index (κ3) is 4.29. The van der Waals surface area contributed by atoms with Gasteiger partial charge < -0.3 is 15.4 Å².